The van der Waals surface area contributed by atoms with Crippen molar-refractivity contribution in [2.75, 3.05) is 0 Å². The summed E-state index contributed by atoms with van der Waals surface area (Å²) in [5, 5.41) is 16.7. The van der Waals surface area contributed by atoms with Gasteiger partial charge in [-0.25, -0.2) is 0 Å². The second-order valence-corrected chi connectivity index (χ2v) is 4.33. The predicted molar refractivity (Wildman–Crippen MR) is 65.0 cm³/mol. The van der Waals surface area contributed by atoms with Gasteiger partial charge in [0.05, 0.1) is 23.6 Å². The van der Waals surface area contributed by atoms with Crippen LogP contribution in [-0.2, 0) is 6.54 Å². The first-order valence-corrected chi connectivity index (χ1v) is 5.63. The average Bonchev–Trinajstić information content (AvgIpc) is 2.59. The van der Waals surface area contributed by atoms with Crippen LogP contribution in [0.4, 0.5) is 0 Å². The van der Waals surface area contributed by atoms with E-state index in [-0.39, 0.29) is 22.7 Å². The Bertz CT molecular complexity index is 444. The van der Waals surface area contributed by atoms with E-state index < -0.39 is 0 Å². The maximum atomic E-state index is 10.8. The molecule has 1 aliphatic rings. The fourth-order valence-electron chi connectivity index (χ4n) is 1.94. The van der Waals surface area contributed by atoms with Crippen LogP contribution in [0.3, 0.4) is 0 Å². The van der Waals surface area contributed by atoms with E-state index >= 15 is 0 Å². The standard InChI is InChI=1S/C12H15N3O2/c1-9-10(2)14(13-12(9)15(16)17)8-11-6-4-3-5-7-11/h3-7,9-10H,8H2,1-2H3. The Balaban J connectivity index is 2.15. The fourth-order valence-corrected chi connectivity index (χ4v) is 1.94. The van der Waals surface area contributed by atoms with E-state index in [1.165, 1.54) is 0 Å². The Morgan fingerprint density at radius 2 is 2.00 bits per heavy atom. The van der Waals surface area contributed by atoms with Gasteiger partial charge in [-0.05, 0) is 24.3 Å². The molecule has 0 bridgehead atoms. The third-order valence-corrected chi connectivity index (χ3v) is 3.21. The minimum Gasteiger partial charge on any atom is -0.358 e. The molecule has 17 heavy (non-hydrogen) atoms. The van der Waals surface area contributed by atoms with E-state index in [1.807, 2.05) is 44.2 Å². The Labute approximate surface area is 99.9 Å². The van der Waals surface area contributed by atoms with Crippen LogP contribution >= 0.6 is 0 Å². The summed E-state index contributed by atoms with van der Waals surface area (Å²) in [6.45, 7) is 4.43. The molecule has 0 aromatic heterocycles. The van der Waals surface area contributed by atoms with Crippen molar-refractivity contribution in [1.29, 1.82) is 0 Å². The van der Waals surface area contributed by atoms with Gasteiger partial charge in [-0.2, -0.15) is 5.01 Å². The molecule has 0 spiro atoms. The van der Waals surface area contributed by atoms with Gasteiger partial charge in [-0.1, -0.05) is 30.3 Å². The topological polar surface area (TPSA) is 58.7 Å². The van der Waals surface area contributed by atoms with Gasteiger partial charge >= 0.3 is 5.84 Å². The SMILES string of the molecule is CC1C([N+](=O)[O-])=NN(Cc2ccccc2)C1C. The second kappa shape index (κ2) is 4.53. The van der Waals surface area contributed by atoms with Crippen LogP contribution in [0.2, 0.25) is 0 Å². The Kier molecular flexibility index (Phi) is 3.08. The van der Waals surface area contributed by atoms with Crippen molar-refractivity contribution in [3.8, 4) is 0 Å². The third kappa shape index (κ3) is 2.27. The van der Waals surface area contributed by atoms with Gasteiger partial charge in [0.1, 0.15) is 0 Å². The van der Waals surface area contributed by atoms with Crippen LogP contribution < -0.4 is 0 Å². The van der Waals surface area contributed by atoms with Crippen molar-refractivity contribution in [2.45, 2.75) is 26.4 Å². The summed E-state index contributed by atoms with van der Waals surface area (Å²) in [5.74, 6) is -0.0675. The van der Waals surface area contributed by atoms with Crippen LogP contribution in [0.15, 0.2) is 35.4 Å². The van der Waals surface area contributed by atoms with E-state index in [1.54, 1.807) is 5.01 Å². The lowest BCUT2D eigenvalue weighted by Crippen LogP contribution is -2.29. The molecule has 2 rings (SSSR count). The number of hydrazone groups is 1. The van der Waals surface area contributed by atoms with Crippen molar-refractivity contribution < 1.29 is 4.92 Å². The van der Waals surface area contributed by atoms with Gasteiger partial charge < -0.3 is 10.1 Å². The number of nitro groups is 1. The van der Waals surface area contributed by atoms with Crippen molar-refractivity contribution in [1.82, 2.24) is 5.01 Å². The molecule has 1 heterocycles. The lowest BCUT2D eigenvalue weighted by molar-refractivity contribution is -0.355. The largest absolute Gasteiger partial charge is 0.368 e. The number of rotatable bonds is 2. The molecule has 1 aliphatic heterocycles. The first-order chi connectivity index (χ1) is 8.09. The Morgan fingerprint density at radius 1 is 1.35 bits per heavy atom. The number of benzene rings is 1. The summed E-state index contributed by atoms with van der Waals surface area (Å²) in [6.07, 6.45) is 0. The number of hydrogen-bond acceptors (Lipinski definition) is 4. The lowest BCUT2D eigenvalue weighted by atomic mass is 10.0. The molecule has 1 aromatic carbocycles. The van der Waals surface area contributed by atoms with E-state index in [4.69, 9.17) is 0 Å². The molecular formula is C12H15N3O2. The van der Waals surface area contributed by atoms with Crippen LogP contribution in [0.1, 0.15) is 19.4 Å². The van der Waals surface area contributed by atoms with Gasteiger partial charge in [-0.3, -0.25) is 0 Å². The monoisotopic (exact) mass is 233 g/mol. The molecule has 0 fully saturated rings. The quantitative estimate of drug-likeness (QED) is 0.580. The first-order valence-electron chi connectivity index (χ1n) is 5.63. The summed E-state index contributed by atoms with van der Waals surface area (Å²) in [7, 11) is 0. The summed E-state index contributed by atoms with van der Waals surface area (Å²) >= 11 is 0. The highest BCUT2D eigenvalue weighted by atomic mass is 16.6. The minimum absolute atomic E-state index is 0.0634. The number of amidine groups is 1. The van der Waals surface area contributed by atoms with Crippen molar-refractivity contribution in [3.05, 3.63) is 46.0 Å². The molecule has 5 heteroatoms. The van der Waals surface area contributed by atoms with Crippen molar-refractivity contribution in [2.24, 2.45) is 11.0 Å². The second-order valence-electron chi connectivity index (χ2n) is 4.33. The Morgan fingerprint density at radius 3 is 2.53 bits per heavy atom. The molecule has 2 atom stereocenters. The molecule has 0 saturated carbocycles. The zero-order valence-corrected chi connectivity index (χ0v) is 9.91. The molecule has 0 amide bonds. The van der Waals surface area contributed by atoms with Gasteiger partial charge in [0.15, 0.2) is 0 Å². The lowest BCUT2D eigenvalue weighted by Gasteiger charge is -2.16. The number of nitrogens with zero attached hydrogens (tertiary/aromatic N) is 3. The fraction of sp³-hybridized carbons (Fsp3) is 0.417. The van der Waals surface area contributed by atoms with E-state index in [2.05, 4.69) is 5.10 Å². The maximum absolute atomic E-state index is 10.8. The molecule has 0 radical (unpaired) electrons. The van der Waals surface area contributed by atoms with Crippen molar-refractivity contribution >= 4 is 5.84 Å². The van der Waals surface area contributed by atoms with Gasteiger partial charge in [0.2, 0.25) is 0 Å². The van der Waals surface area contributed by atoms with Crippen LogP contribution in [0.25, 0.3) is 0 Å². The van der Waals surface area contributed by atoms with Crippen molar-refractivity contribution in [3.63, 3.8) is 0 Å². The molecule has 2 unspecified atom stereocenters. The summed E-state index contributed by atoms with van der Waals surface area (Å²) in [6, 6.07) is 9.92. The molecule has 0 N–H and O–H groups in total. The summed E-state index contributed by atoms with van der Waals surface area (Å²) in [5.41, 5.74) is 1.11. The van der Waals surface area contributed by atoms with Crippen LogP contribution in [0, 0.1) is 16.0 Å². The zero-order chi connectivity index (χ0) is 12.4. The van der Waals surface area contributed by atoms with Gasteiger partial charge in [0, 0.05) is 0 Å². The molecule has 0 saturated heterocycles. The van der Waals surface area contributed by atoms with E-state index in [0.29, 0.717) is 6.54 Å². The Hall–Kier alpha value is -1.91. The molecule has 1 aromatic rings. The molecule has 5 nitrogen and oxygen atoms in total. The van der Waals surface area contributed by atoms with Gasteiger partial charge in [-0.15, -0.1) is 0 Å². The van der Waals surface area contributed by atoms with Crippen LogP contribution in [0.5, 0.6) is 0 Å². The van der Waals surface area contributed by atoms with E-state index in [0.717, 1.165) is 5.56 Å². The predicted octanol–water partition coefficient (Wildman–Crippen LogP) is 2.12. The van der Waals surface area contributed by atoms with Gasteiger partial charge in [0.25, 0.3) is 0 Å². The van der Waals surface area contributed by atoms with Crippen LogP contribution in [-0.4, -0.2) is 21.8 Å². The highest BCUT2D eigenvalue weighted by molar-refractivity contribution is 5.78. The average molecular weight is 233 g/mol. The maximum Gasteiger partial charge on any atom is 0.368 e. The molecular weight excluding hydrogens is 218 g/mol. The highest BCUT2D eigenvalue weighted by Crippen LogP contribution is 2.23. The normalized spacial score (nSPS) is 23.6. The minimum atomic E-state index is -0.383. The molecule has 90 valence electrons. The van der Waals surface area contributed by atoms with E-state index in [9.17, 15) is 10.1 Å². The summed E-state index contributed by atoms with van der Waals surface area (Å²) in [4.78, 5) is 10.4. The smallest absolute Gasteiger partial charge is 0.358 e. The number of hydrogen-bond donors (Lipinski definition) is 0. The zero-order valence-electron chi connectivity index (χ0n) is 9.91. The highest BCUT2D eigenvalue weighted by Gasteiger charge is 2.40. The summed E-state index contributed by atoms with van der Waals surface area (Å²) < 4.78 is 0. The molecule has 0 aliphatic carbocycles. The third-order valence-electron chi connectivity index (χ3n) is 3.21. The first kappa shape index (κ1) is 11.6.